The molecule has 40 heavy (non-hydrogen) atoms. The number of halogens is 1. The molecule has 0 spiro atoms. The largest absolute Gasteiger partial charge is 0.497 e. The van der Waals surface area contributed by atoms with E-state index in [1.54, 1.807) is 25.4 Å². The monoisotopic (exact) mass is 522 g/mol. The van der Waals surface area contributed by atoms with Gasteiger partial charge in [-0.15, -0.1) is 0 Å². The van der Waals surface area contributed by atoms with E-state index in [0.29, 0.717) is 0 Å². The summed E-state index contributed by atoms with van der Waals surface area (Å²) in [6, 6.07) is 44.1. The number of nitrogens with zero attached hydrogens (tertiary/aromatic N) is 2. The van der Waals surface area contributed by atoms with Crippen LogP contribution in [0.3, 0.4) is 0 Å². The lowest BCUT2D eigenvalue weighted by Gasteiger charge is -2.26. The van der Waals surface area contributed by atoms with E-state index in [-0.39, 0.29) is 5.82 Å². The topological polar surface area (TPSA) is 25.4 Å². The highest BCUT2D eigenvalue weighted by atomic mass is 19.1. The molecule has 4 heteroatoms. The molecular formula is C36H27FN2O. The number of hydrogen-bond acceptors (Lipinski definition) is 3. The maximum Gasteiger partial charge on any atom is 0.123 e. The molecule has 0 atom stereocenters. The average Bonchev–Trinajstić information content (AvgIpc) is 3.03. The molecule has 0 aliphatic heterocycles. The summed E-state index contributed by atoms with van der Waals surface area (Å²) in [5.74, 6) is 0.602. The Balaban J connectivity index is 1.36. The fourth-order valence-corrected chi connectivity index (χ4v) is 4.82. The van der Waals surface area contributed by atoms with Crippen molar-refractivity contribution in [3.05, 3.63) is 152 Å². The number of ether oxygens (including phenoxy) is 1. The van der Waals surface area contributed by atoms with Gasteiger partial charge in [0.1, 0.15) is 11.6 Å². The van der Waals surface area contributed by atoms with Crippen LogP contribution in [0.15, 0.2) is 146 Å². The first-order valence-electron chi connectivity index (χ1n) is 13.1. The van der Waals surface area contributed by atoms with Gasteiger partial charge < -0.3 is 9.64 Å². The second-order valence-corrected chi connectivity index (χ2v) is 9.45. The van der Waals surface area contributed by atoms with Crippen molar-refractivity contribution < 1.29 is 9.13 Å². The van der Waals surface area contributed by atoms with Crippen molar-refractivity contribution in [2.24, 2.45) is 0 Å². The molecule has 0 aliphatic rings. The summed E-state index contributed by atoms with van der Waals surface area (Å²) in [5, 5.41) is 0. The Morgan fingerprint density at radius 3 is 1.30 bits per heavy atom. The van der Waals surface area contributed by atoms with Crippen LogP contribution in [0.1, 0.15) is 0 Å². The van der Waals surface area contributed by atoms with E-state index in [2.05, 4.69) is 101 Å². The molecule has 0 saturated carbocycles. The lowest BCUT2D eigenvalue weighted by molar-refractivity contribution is 0.415. The van der Waals surface area contributed by atoms with Crippen molar-refractivity contribution in [2.75, 3.05) is 12.0 Å². The number of rotatable bonds is 7. The molecule has 0 unspecified atom stereocenters. The van der Waals surface area contributed by atoms with Crippen LogP contribution >= 0.6 is 0 Å². The van der Waals surface area contributed by atoms with Gasteiger partial charge in [-0.25, -0.2) is 4.39 Å². The number of benzene rings is 5. The molecule has 0 fully saturated rings. The number of pyridine rings is 1. The third-order valence-corrected chi connectivity index (χ3v) is 6.97. The van der Waals surface area contributed by atoms with Crippen LogP contribution in [0.5, 0.6) is 5.75 Å². The van der Waals surface area contributed by atoms with Gasteiger partial charge in [0, 0.05) is 29.5 Å². The Kier molecular flexibility index (Phi) is 7.06. The van der Waals surface area contributed by atoms with Gasteiger partial charge in [-0.3, -0.25) is 4.98 Å². The van der Waals surface area contributed by atoms with Gasteiger partial charge in [0.2, 0.25) is 0 Å². The zero-order chi connectivity index (χ0) is 27.3. The minimum absolute atomic E-state index is 0.237. The summed E-state index contributed by atoms with van der Waals surface area (Å²) >= 11 is 0. The standard InChI is InChI=1S/C36H27FN2O/c1-40-36-22-12-29(13-23-36)28-8-18-34(19-9-28)39(35-20-10-30(11-21-35)31-3-2-24-38-25-31)33-16-6-27(7-17-33)26-4-14-32(37)15-5-26/h2-25H,1H3. The molecular weight excluding hydrogens is 495 g/mol. The molecule has 0 radical (unpaired) electrons. The van der Waals surface area contributed by atoms with E-state index in [0.717, 1.165) is 56.2 Å². The molecule has 0 aliphatic carbocycles. The summed E-state index contributed by atoms with van der Waals surface area (Å²) in [5.41, 5.74) is 9.56. The Bertz CT molecular complexity index is 1680. The van der Waals surface area contributed by atoms with Crippen molar-refractivity contribution in [1.29, 1.82) is 0 Å². The lowest BCUT2D eigenvalue weighted by Crippen LogP contribution is -2.09. The summed E-state index contributed by atoms with van der Waals surface area (Å²) in [6.45, 7) is 0. The minimum Gasteiger partial charge on any atom is -0.497 e. The van der Waals surface area contributed by atoms with E-state index in [4.69, 9.17) is 4.74 Å². The van der Waals surface area contributed by atoms with Crippen molar-refractivity contribution in [2.45, 2.75) is 0 Å². The van der Waals surface area contributed by atoms with Gasteiger partial charge >= 0.3 is 0 Å². The first-order valence-corrected chi connectivity index (χ1v) is 13.1. The first kappa shape index (κ1) is 25.1. The molecule has 6 rings (SSSR count). The molecule has 5 aromatic carbocycles. The number of methoxy groups -OCH3 is 1. The van der Waals surface area contributed by atoms with Crippen molar-refractivity contribution in [3.8, 4) is 39.1 Å². The fourth-order valence-electron chi connectivity index (χ4n) is 4.82. The van der Waals surface area contributed by atoms with Gasteiger partial charge in [-0.1, -0.05) is 66.7 Å². The maximum absolute atomic E-state index is 13.4. The summed E-state index contributed by atoms with van der Waals surface area (Å²) in [7, 11) is 1.67. The number of anilines is 3. The highest BCUT2D eigenvalue weighted by Crippen LogP contribution is 2.37. The fraction of sp³-hybridized carbons (Fsp3) is 0.0278. The lowest BCUT2D eigenvalue weighted by atomic mass is 10.0. The van der Waals surface area contributed by atoms with Gasteiger partial charge in [-0.2, -0.15) is 0 Å². The molecule has 1 aromatic heterocycles. The average molecular weight is 523 g/mol. The van der Waals surface area contributed by atoms with Gasteiger partial charge in [0.25, 0.3) is 0 Å². The summed E-state index contributed by atoms with van der Waals surface area (Å²) < 4.78 is 18.7. The van der Waals surface area contributed by atoms with Crippen LogP contribution in [0.4, 0.5) is 21.5 Å². The van der Waals surface area contributed by atoms with Crippen LogP contribution in [0, 0.1) is 5.82 Å². The van der Waals surface area contributed by atoms with Crippen molar-refractivity contribution >= 4 is 17.1 Å². The van der Waals surface area contributed by atoms with Crippen molar-refractivity contribution in [1.82, 2.24) is 4.98 Å². The third kappa shape index (κ3) is 5.33. The highest BCUT2D eigenvalue weighted by molar-refractivity contribution is 5.81. The first-order chi connectivity index (χ1) is 19.7. The Morgan fingerprint density at radius 1 is 0.500 bits per heavy atom. The van der Waals surface area contributed by atoms with Crippen molar-refractivity contribution in [3.63, 3.8) is 0 Å². The molecule has 0 amide bonds. The zero-order valence-electron chi connectivity index (χ0n) is 22.0. The number of aromatic nitrogens is 1. The summed E-state index contributed by atoms with van der Waals surface area (Å²) in [4.78, 5) is 6.49. The quantitative estimate of drug-likeness (QED) is 0.209. The second kappa shape index (κ2) is 11.3. The third-order valence-electron chi connectivity index (χ3n) is 6.97. The Labute approximate surface area is 233 Å². The molecule has 3 nitrogen and oxygen atoms in total. The molecule has 0 saturated heterocycles. The van der Waals surface area contributed by atoms with E-state index >= 15 is 0 Å². The molecule has 194 valence electrons. The molecule has 1 heterocycles. The van der Waals surface area contributed by atoms with Crippen LogP contribution in [0.25, 0.3) is 33.4 Å². The van der Waals surface area contributed by atoms with E-state index in [1.807, 2.05) is 24.4 Å². The van der Waals surface area contributed by atoms with E-state index in [9.17, 15) is 4.39 Å². The Hall–Kier alpha value is -5.22. The second-order valence-electron chi connectivity index (χ2n) is 9.45. The molecule has 0 N–H and O–H groups in total. The smallest absolute Gasteiger partial charge is 0.123 e. The predicted molar refractivity (Wildman–Crippen MR) is 162 cm³/mol. The molecule has 0 bridgehead atoms. The van der Waals surface area contributed by atoms with Crippen LogP contribution < -0.4 is 9.64 Å². The van der Waals surface area contributed by atoms with E-state index < -0.39 is 0 Å². The van der Waals surface area contributed by atoms with Crippen LogP contribution in [0.2, 0.25) is 0 Å². The predicted octanol–water partition coefficient (Wildman–Crippen LogP) is 9.70. The maximum atomic E-state index is 13.4. The summed E-state index contributed by atoms with van der Waals surface area (Å²) in [6.07, 6.45) is 3.66. The van der Waals surface area contributed by atoms with Gasteiger partial charge in [0.05, 0.1) is 7.11 Å². The SMILES string of the molecule is COc1ccc(-c2ccc(N(c3ccc(-c4ccc(F)cc4)cc3)c3ccc(-c4cccnc4)cc3)cc2)cc1. The molecule has 6 aromatic rings. The van der Waals surface area contributed by atoms with Crippen LogP contribution in [-0.4, -0.2) is 12.1 Å². The minimum atomic E-state index is -0.237. The number of hydrogen-bond donors (Lipinski definition) is 0. The normalized spacial score (nSPS) is 10.8. The van der Waals surface area contributed by atoms with Crippen LogP contribution in [-0.2, 0) is 0 Å². The zero-order valence-corrected chi connectivity index (χ0v) is 22.0. The van der Waals surface area contributed by atoms with Gasteiger partial charge in [-0.05, 0) is 100 Å². The van der Waals surface area contributed by atoms with E-state index in [1.165, 1.54) is 12.1 Å². The highest BCUT2D eigenvalue weighted by Gasteiger charge is 2.14. The Morgan fingerprint density at radius 2 is 0.900 bits per heavy atom. The van der Waals surface area contributed by atoms with Gasteiger partial charge in [0.15, 0.2) is 0 Å².